The van der Waals surface area contributed by atoms with E-state index < -0.39 is 18.7 Å². The second kappa shape index (κ2) is 6.40. The first-order valence-corrected chi connectivity index (χ1v) is 7.60. The summed E-state index contributed by atoms with van der Waals surface area (Å²) in [6, 6.07) is 8.10. The van der Waals surface area contributed by atoms with Crippen LogP contribution >= 0.6 is 11.6 Å². The molecule has 0 saturated heterocycles. The Labute approximate surface area is 145 Å². The molecule has 0 aliphatic heterocycles. The number of carbonyl (C=O) groups is 1. The van der Waals surface area contributed by atoms with Crippen molar-refractivity contribution in [3.63, 3.8) is 0 Å². The molecule has 0 aliphatic rings. The number of fused-ring (bicyclic) bond motifs is 1. The van der Waals surface area contributed by atoms with Crippen LogP contribution in [0.4, 0.5) is 13.2 Å². The van der Waals surface area contributed by atoms with Crippen molar-refractivity contribution in [2.24, 2.45) is 0 Å². The molecule has 3 aromatic rings. The number of aromatic carboxylic acids is 1. The predicted molar refractivity (Wildman–Crippen MR) is 88.0 cm³/mol. The Hall–Kier alpha value is -2.54. The highest BCUT2D eigenvalue weighted by molar-refractivity contribution is 6.33. The number of rotatable bonds is 4. The Morgan fingerprint density at radius 1 is 1.24 bits per heavy atom. The average molecular weight is 369 g/mol. The molecule has 25 heavy (non-hydrogen) atoms. The molecule has 0 aliphatic carbocycles. The molecule has 0 saturated carbocycles. The number of hydrogen-bond donors (Lipinski definition) is 1. The Bertz CT molecular complexity index is 972. The summed E-state index contributed by atoms with van der Waals surface area (Å²) >= 11 is 6.21. The maximum Gasteiger partial charge on any atom is 0.336 e. The summed E-state index contributed by atoms with van der Waals surface area (Å²) in [5.74, 6) is -1.28. The highest BCUT2D eigenvalue weighted by Crippen LogP contribution is 2.33. The zero-order chi connectivity index (χ0) is 18.3. The zero-order valence-corrected chi connectivity index (χ0v) is 13.6. The predicted octanol–water partition coefficient (Wildman–Crippen LogP) is 5.10. The van der Waals surface area contributed by atoms with E-state index in [9.17, 15) is 23.1 Å². The normalized spacial score (nSPS) is 12.7. The summed E-state index contributed by atoms with van der Waals surface area (Å²) < 4.78 is 39.1. The molecular formula is C17H12ClF3N2O2. The van der Waals surface area contributed by atoms with E-state index in [0.717, 1.165) is 11.8 Å². The Balaban J connectivity index is 2.23. The van der Waals surface area contributed by atoms with Crippen molar-refractivity contribution in [3.05, 3.63) is 52.7 Å². The molecule has 0 spiro atoms. The van der Waals surface area contributed by atoms with E-state index in [4.69, 9.17) is 11.6 Å². The van der Waals surface area contributed by atoms with Crippen LogP contribution in [-0.2, 0) is 0 Å². The van der Waals surface area contributed by atoms with Crippen LogP contribution in [-0.4, -0.2) is 27.3 Å². The second-order valence-corrected chi connectivity index (χ2v) is 5.97. The van der Waals surface area contributed by atoms with Gasteiger partial charge in [-0.25, -0.2) is 22.6 Å². The van der Waals surface area contributed by atoms with Crippen molar-refractivity contribution in [3.8, 4) is 11.1 Å². The average Bonchev–Trinajstić information content (AvgIpc) is 2.96. The minimum atomic E-state index is -3.27. The summed E-state index contributed by atoms with van der Waals surface area (Å²) in [5, 5.41) is 13.7. The minimum Gasteiger partial charge on any atom is -0.478 e. The molecule has 0 bridgehead atoms. The van der Waals surface area contributed by atoms with Crippen molar-refractivity contribution in [1.29, 1.82) is 0 Å². The SMILES string of the molecule is Cc1ccc(-c2cc(C(=O)O)c3cn(C(F)C(F)F)nc3c2)c(Cl)c1. The maximum atomic E-state index is 13.5. The Morgan fingerprint density at radius 2 is 1.96 bits per heavy atom. The lowest BCUT2D eigenvalue weighted by molar-refractivity contribution is 0.00118. The van der Waals surface area contributed by atoms with E-state index in [1.807, 2.05) is 6.92 Å². The smallest absolute Gasteiger partial charge is 0.336 e. The minimum absolute atomic E-state index is 0.0720. The summed E-state index contributed by atoms with van der Waals surface area (Å²) in [7, 11) is 0. The highest BCUT2D eigenvalue weighted by Gasteiger charge is 2.24. The topological polar surface area (TPSA) is 55.1 Å². The first-order valence-electron chi connectivity index (χ1n) is 7.23. The van der Waals surface area contributed by atoms with Gasteiger partial charge in [-0.2, -0.15) is 5.10 Å². The van der Waals surface area contributed by atoms with Crippen LogP contribution in [0, 0.1) is 6.92 Å². The van der Waals surface area contributed by atoms with Gasteiger partial charge in [0.1, 0.15) is 0 Å². The molecule has 1 N–H and O–H groups in total. The molecule has 130 valence electrons. The zero-order valence-electron chi connectivity index (χ0n) is 12.9. The lowest BCUT2D eigenvalue weighted by Gasteiger charge is -2.07. The first kappa shape index (κ1) is 17.3. The third-order valence-corrected chi connectivity index (χ3v) is 4.08. The van der Waals surface area contributed by atoms with Crippen LogP contribution in [0.2, 0.25) is 5.02 Å². The number of alkyl halides is 3. The third-order valence-electron chi connectivity index (χ3n) is 3.77. The molecule has 3 rings (SSSR count). The molecule has 1 atom stereocenters. The van der Waals surface area contributed by atoms with Gasteiger partial charge in [0.15, 0.2) is 0 Å². The number of hydrogen-bond acceptors (Lipinski definition) is 2. The summed E-state index contributed by atoms with van der Waals surface area (Å²) in [4.78, 5) is 11.5. The van der Waals surface area contributed by atoms with Crippen molar-refractivity contribution in [2.45, 2.75) is 19.6 Å². The van der Waals surface area contributed by atoms with Gasteiger partial charge in [-0.05, 0) is 36.2 Å². The number of benzene rings is 2. The van der Waals surface area contributed by atoms with Gasteiger partial charge in [-0.1, -0.05) is 23.7 Å². The lowest BCUT2D eigenvalue weighted by atomic mass is 9.99. The van der Waals surface area contributed by atoms with Crippen molar-refractivity contribution in [2.75, 3.05) is 0 Å². The number of halogens is 4. The van der Waals surface area contributed by atoms with Gasteiger partial charge in [-0.15, -0.1) is 0 Å². The van der Waals surface area contributed by atoms with Crippen LogP contribution < -0.4 is 0 Å². The van der Waals surface area contributed by atoms with Crippen molar-refractivity contribution in [1.82, 2.24) is 9.78 Å². The van der Waals surface area contributed by atoms with Gasteiger partial charge in [0, 0.05) is 22.2 Å². The molecule has 2 aromatic carbocycles. The highest BCUT2D eigenvalue weighted by atomic mass is 35.5. The molecule has 0 fully saturated rings. The first-order chi connectivity index (χ1) is 11.8. The van der Waals surface area contributed by atoms with Gasteiger partial charge < -0.3 is 5.11 Å². The molecule has 1 heterocycles. The van der Waals surface area contributed by atoms with E-state index in [1.54, 1.807) is 18.2 Å². The fraction of sp³-hybridized carbons (Fsp3) is 0.176. The maximum absolute atomic E-state index is 13.5. The number of aromatic nitrogens is 2. The number of nitrogens with zero attached hydrogens (tertiary/aromatic N) is 2. The second-order valence-electron chi connectivity index (χ2n) is 5.56. The van der Waals surface area contributed by atoms with Gasteiger partial charge in [0.25, 0.3) is 12.7 Å². The fourth-order valence-electron chi connectivity index (χ4n) is 2.57. The molecule has 1 aromatic heterocycles. The summed E-state index contributed by atoms with van der Waals surface area (Å²) in [5.41, 5.74) is 1.87. The number of carboxylic acid groups (broad SMARTS) is 1. The molecule has 4 nitrogen and oxygen atoms in total. The molecular weight excluding hydrogens is 357 g/mol. The molecule has 8 heteroatoms. The largest absolute Gasteiger partial charge is 0.478 e. The standard InChI is InChI=1S/C17H12ClF3N2O2/c1-8-2-3-10(13(18)4-8)9-5-11(17(24)25)12-7-23(16(21)15(19)20)22-14(12)6-9/h2-7,15-16H,1H3,(H,24,25). The van der Waals surface area contributed by atoms with Gasteiger partial charge >= 0.3 is 5.97 Å². The van der Waals surface area contributed by atoms with E-state index in [2.05, 4.69) is 5.10 Å². The monoisotopic (exact) mass is 368 g/mol. The molecule has 0 radical (unpaired) electrons. The van der Waals surface area contributed by atoms with Crippen molar-refractivity contribution < 1.29 is 23.1 Å². The number of aryl methyl sites for hydroxylation is 1. The van der Waals surface area contributed by atoms with Crippen LogP contribution in [0.5, 0.6) is 0 Å². The van der Waals surface area contributed by atoms with E-state index in [-0.39, 0.29) is 16.5 Å². The molecule has 1 unspecified atom stereocenters. The Morgan fingerprint density at radius 3 is 2.56 bits per heavy atom. The van der Waals surface area contributed by atoms with Crippen molar-refractivity contribution >= 4 is 28.5 Å². The van der Waals surface area contributed by atoms with Gasteiger partial charge in [-0.3, -0.25) is 0 Å². The van der Waals surface area contributed by atoms with Gasteiger partial charge in [0.2, 0.25) is 0 Å². The van der Waals surface area contributed by atoms with E-state index in [1.165, 1.54) is 12.1 Å². The summed E-state index contributed by atoms with van der Waals surface area (Å²) in [6.07, 6.45) is -4.95. The van der Waals surface area contributed by atoms with Crippen LogP contribution in [0.25, 0.3) is 22.0 Å². The summed E-state index contributed by atoms with van der Waals surface area (Å²) in [6.45, 7) is 1.86. The van der Waals surface area contributed by atoms with Crippen LogP contribution in [0.3, 0.4) is 0 Å². The fourth-order valence-corrected chi connectivity index (χ4v) is 2.91. The van der Waals surface area contributed by atoms with Crippen LogP contribution in [0.1, 0.15) is 22.2 Å². The number of carboxylic acids is 1. The third kappa shape index (κ3) is 3.19. The van der Waals surface area contributed by atoms with E-state index >= 15 is 0 Å². The Kier molecular flexibility index (Phi) is 4.43. The quantitative estimate of drug-likeness (QED) is 0.697. The van der Waals surface area contributed by atoms with Crippen LogP contribution in [0.15, 0.2) is 36.5 Å². The lowest BCUT2D eigenvalue weighted by Crippen LogP contribution is -2.12. The van der Waals surface area contributed by atoms with Gasteiger partial charge in [0.05, 0.1) is 11.1 Å². The van der Waals surface area contributed by atoms with E-state index in [0.29, 0.717) is 20.8 Å². The molecule has 0 amide bonds.